The van der Waals surface area contributed by atoms with Gasteiger partial charge in [0.25, 0.3) is 0 Å². The van der Waals surface area contributed by atoms with Crippen LogP contribution in [-0.4, -0.2) is 49.2 Å². The number of carbonyl (C=O) groups is 1. The molecule has 0 aromatic rings. The fourth-order valence-corrected chi connectivity index (χ4v) is 2.72. The average molecular weight is 300 g/mol. The first-order valence-electron chi connectivity index (χ1n) is 8.48. The molecule has 0 aromatic heterocycles. The van der Waals surface area contributed by atoms with Crippen molar-refractivity contribution >= 4 is 5.97 Å². The van der Waals surface area contributed by atoms with E-state index in [1.165, 1.54) is 26.5 Å². The molecule has 0 heterocycles. The molecule has 1 atom stereocenters. The zero-order valence-electron chi connectivity index (χ0n) is 15.0. The summed E-state index contributed by atoms with van der Waals surface area (Å²) in [6.45, 7) is 13.9. The molecule has 0 spiro atoms. The van der Waals surface area contributed by atoms with Crippen molar-refractivity contribution in [1.82, 2.24) is 10.2 Å². The van der Waals surface area contributed by atoms with Crippen LogP contribution in [0.1, 0.15) is 66.7 Å². The standard InChI is InChI=1S/C17H36N2O2/c1-7-9-13-19(8-2)14-11-10-12-17(5,16(20)21-6)18-15(3)4/h15,18H,7-14H2,1-6H3. The molecule has 0 saturated carbocycles. The second-order valence-electron chi connectivity index (χ2n) is 6.37. The van der Waals surface area contributed by atoms with Crippen molar-refractivity contribution in [3.05, 3.63) is 0 Å². The van der Waals surface area contributed by atoms with E-state index in [2.05, 4.69) is 37.9 Å². The van der Waals surface area contributed by atoms with Crippen molar-refractivity contribution in [3.63, 3.8) is 0 Å². The Morgan fingerprint density at radius 3 is 2.29 bits per heavy atom. The van der Waals surface area contributed by atoms with Crippen LogP contribution in [0.25, 0.3) is 0 Å². The van der Waals surface area contributed by atoms with E-state index in [1.54, 1.807) is 0 Å². The number of nitrogens with one attached hydrogen (secondary N) is 1. The Bertz CT molecular complexity index is 282. The molecule has 0 aromatic carbocycles. The van der Waals surface area contributed by atoms with E-state index in [0.717, 1.165) is 32.4 Å². The highest BCUT2D eigenvalue weighted by molar-refractivity contribution is 5.80. The summed E-state index contributed by atoms with van der Waals surface area (Å²) < 4.78 is 4.96. The topological polar surface area (TPSA) is 41.6 Å². The number of rotatable bonds is 12. The number of nitrogens with zero attached hydrogens (tertiary/aromatic N) is 1. The maximum Gasteiger partial charge on any atom is 0.325 e. The number of unbranched alkanes of at least 4 members (excludes halogenated alkanes) is 2. The average Bonchev–Trinajstić information content (AvgIpc) is 2.44. The van der Waals surface area contributed by atoms with Gasteiger partial charge in [-0.15, -0.1) is 0 Å². The second-order valence-corrected chi connectivity index (χ2v) is 6.37. The lowest BCUT2D eigenvalue weighted by atomic mass is 9.93. The molecule has 0 bridgehead atoms. The van der Waals surface area contributed by atoms with Gasteiger partial charge in [0.05, 0.1) is 7.11 Å². The number of hydrogen-bond acceptors (Lipinski definition) is 4. The Balaban J connectivity index is 4.21. The molecule has 21 heavy (non-hydrogen) atoms. The SMILES string of the molecule is CCCCN(CC)CCCCC(C)(NC(C)C)C(=O)OC. The van der Waals surface area contributed by atoms with Crippen LogP contribution in [0.3, 0.4) is 0 Å². The van der Waals surface area contributed by atoms with Crippen LogP contribution in [0.15, 0.2) is 0 Å². The summed E-state index contributed by atoms with van der Waals surface area (Å²) in [5.41, 5.74) is -0.566. The highest BCUT2D eigenvalue weighted by Gasteiger charge is 2.33. The molecule has 0 aliphatic rings. The Kier molecular flexibility index (Phi) is 10.7. The summed E-state index contributed by atoms with van der Waals surface area (Å²) in [6.07, 6.45) is 5.50. The van der Waals surface area contributed by atoms with Crippen LogP contribution < -0.4 is 5.32 Å². The summed E-state index contributed by atoms with van der Waals surface area (Å²) in [7, 11) is 1.46. The van der Waals surface area contributed by atoms with Gasteiger partial charge in [0.15, 0.2) is 0 Å². The lowest BCUT2D eigenvalue weighted by Crippen LogP contribution is -2.53. The molecular formula is C17H36N2O2. The fourth-order valence-electron chi connectivity index (χ4n) is 2.72. The van der Waals surface area contributed by atoms with Crippen LogP contribution >= 0.6 is 0 Å². The molecule has 1 N–H and O–H groups in total. The van der Waals surface area contributed by atoms with Gasteiger partial charge in [-0.05, 0) is 66.1 Å². The predicted molar refractivity (Wildman–Crippen MR) is 89.6 cm³/mol. The molecule has 0 radical (unpaired) electrons. The lowest BCUT2D eigenvalue weighted by molar-refractivity contribution is -0.148. The van der Waals surface area contributed by atoms with Gasteiger partial charge in [0, 0.05) is 6.04 Å². The lowest BCUT2D eigenvalue weighted by Gasteiger charge is -2.30. The van der Waals surface area contributed by atoms with E-state index in [1.807, 2.05) is 6.92 Å². The molecule has 0 saturated heterocycles. The van der Waals surface area contributed by atoms with Gasteiger partial charge in [0.1, 0.15) is 5.54 Å². The molecule has 0 aliphatic carbocycles. The predicted octanol–water partition coefficient (Wildman–Crippen LogP) is 3.21. The number of ether oxygens (including phenoxy) is 1. The minimum absolute atomic E-state index is 0.158. The van der Waals surface area contributed by atoms with Gasteiger partial charge in [-0.25, -0.2) is 0 Å². The minimum atomic E-state index is -0.566. The number of hydrogen-bond donors (Lipinski definition) is 1. The van der Waals surface area contributed by atoms with E-state index in [-0.39, 0.29) is 12.0 Å². The summed E-state index contributed by atoms with van der Waals surface area (Å²) in [6, 6.07) is 0.269. The minimum Gasteiger partial charge on any atom is -0.468 e. The van der Waals surface area contributed by atoms with Gasteiger partial charge in [-0.3, -0.25) is 10.1 Å². The molecular weight excluding hydrogens is 264 g/mol. The summed E-state index contributed by atoms with van der Waals surface area (Å²) >= 11 is 0. The third-order valence-electron chi connectivity index (χ3n) is 3.92. The van der Waals surface area contributed by atoms with Crippen LogP contribution in [0.4, 0.5) is 0 Å². The van der Waals surface area contributed by atoms with Crippen molar-refractivity contribution in [2.75, 3.05) is 26.7 Å². The maximum absolute atomic E-state index is 12.0. The van der Waals surface area contributed by atoms with Gasteiger partial charge in [0.2, 0.25) is 0 Å². The largest absolute Gasteiger partial charge is 0.468 e. The first-order valence-corrected chi connectivity index (χ1v) is 8.48. The van der Waals surface area contributed by atoms with Crippen molar-refractivity contribution < 1.29 is 9.53 Å². The van der Waals surface area contributed by atoms with E-state index >= 15 is 0 Å². The highest BCUT2D eigenvalue weighted by Crippen LogP contribution is 2.17. The molecule has 0 rings (SSSR count). The summed E-state index contributed by atoms with van der Waals surface area (Å²) in [4.78, 5) is 14.5. The van der Waals surface area contributed by atoms with E-state index < -0.39 is 5.54 Å². The molecule has 4 heteroatoms. The number of methoxy groups -OCH3 is 1. The van der Waals surface area contributed by atoms with Crippen LogP contribution in [-0.2, 0) is 9.53 Å². The molecule has 0 aliphatic heterocycles. The second kappa shape index (κ2) is 11.0. The quantitative estimate of drug-likeness (QED) is 0.444. The number of carbonyl (C=O) groups excluding carboxylic acids is 1. The third-order valence-corrected chi connectivity index (χ3v) is 3.92. The van der Waals surface area contributed by atoms with Crippen LogP contribution in [0.2, 0.25) is 0 Å². The summed E-state index contributed by atoms with van der Waals surface area (Å²) in [5, 5.41) is 3.36. The fraction of sp³-hybridized carbons (Fsp3) is 0.941. The van der Waals surface area contributed by atoms with E-state index in [4.69, 9.17) is 4.74 Å². The zero-order valence-corrected chi connectivity index (χ0v) is 15.0. The van der Waals surface area contributed by atoms with Gasteiger partial charge < -0.3 is 9.64 Å². The molecule has 0 fully saturated rings. The molecule has 1 unspecified atom stereocenters. The third kappa shape index (κ3) is 8.42. The van der Waals surface area contributed by atoms with E-state index in [0.29, 0.717) is 0 Å². The van der Waals surface area contributed by atoms with Gasteiger partial charge in [-0.1, -0.05) is 20.3 Å². The molecule has 4 nitrogen and oxygen atoms in total. The van der Waals surface area contributed by atoms with Crippen molar-refractivity contribution in [1.29, 1.82) is 0 Å². The Morgan fingerprint density at radius 2 is 1.81 bits per heavy atom. The normalized spacial score (nSPS) is 14.5. The van der Waals surface area contributed by atoms with Gasteiger partial charge in [-0.2, -0.15) is 0 Å². The monoisotopic (exact) mass is 300 g/mol. The highest BCUT2D eigenvalue weighted by atomic mass is 16.5. The molecule has 126 valence electrons. The van der Waals surface area contributed by atoms with E-state index in [9.17, 15) is 4.79 Å². The van der Waals surface area contributed by atoms with Crippen molar-refractivity contribution in [2.24, 2.45) is 0 Å². The molecule has 0 amide bonds. The Labute approximate surface area is 131 Å². The van der Waals surface area contributed by atoms with Crippen LogP contribution in [0.5, 0.6) is 0 Å². The maximum atomic E-state index is 12.0. The van der Waals surface area contributed by atoms with Crippen molar-refractivity contribution in [3.8, 4) is 0 Å². The Morgan fingerprint density at radius 1 is 1.19 bits per heavy atom. The smallest absolute Gasteiger partial charge is 0.325 e. The first kappa shape index (κ1) is 20.4. The Hall–Kier alpha value is -0.610. The van der Waals surface area contributed by atoms with Crippen LogP contribution in [0, 0.1) is 0 Å². The van der Waals surface area contributed by atoms with Crippen molar-refractivity contribution in [2.45, 2.75) is 78.3 Å². The van der Waals surface area contributed by atoms with Gasteiger partial charge >= 0.3 is 5.97 Å². The zero-order chi connectivity index (χ0) is 16.3. The number of esters is 1. The summed E-state index contributed by atoms with van der Waals surface area (Å²) in [5.74, 6) is -0.158. The first-order chi connectivity index (χ1) is 9.89.